The molecule has 25 heavy (non-hydrogen) atoms. The van der Waals surface area contributed by atoms with Crippen molar-refractivity contribution < 1.29 is 13.9 Å². The van der Waals surface area contributed by atoms with E-state index in [4.69, 9.17) is 13.9 Å². The maximum Gasteiger partial charge on any atom is 0.193 e. The highest BCUT2D eigenvalue weighted by molar-refractivity contribution is 5.80. The van der Waals surface area contributed by atoms with E-state index >= 15 is 0 Å². The highest BCUT2D eigenvalue weighted by atomic mass is 16.5. The molecule has 0 bridgehead atoms. The Balaban J connectivity index is 1.58. The zero-order valence-electron chi connectivity index (χ0n) is 15.5. The third-order valence-corrected chi connectivity index (χ3v) is 4.93. The van der Waals surface area contributed by atoms with Crippen LogP contribution in [0.2, 0.25) is 0 Å². The van der Waals surface area contributed by atoms with E-state index in [1.54, 1.807) is 6.26 Å². The first-order valence-electron chi connectivity index (χ1n) is 9.07. The van der Waals surface area contributed by atoms with Gasteiger partial charge in [0.1, 0.15) is 11.9 Å². The molecule has 0 amide bonds. The molecule has 0 radical (unpaired) electrons. The number of nitrogens with one attached hydrogen (secondary N) is 1. The van der Waals surface area contributed by atoms with Gasteiger partial charge in [0.15, 0.2) is 5.96 Å². The van der Waals surface area contributed by atoms with Gasteiger partial charge in [0.2, 0.25) is 0 Å². The third-order valence-electron chi connectivity index (χ3n) is 4.93. The van der Waals surface area contributed by atoms with E-state index in [1.165, 1.54) is 0 Å². The summed E-state index contributed by atoms with van der Waals surface area (Å²) < 4.78 is 17.3. The Hall–Kier alpha value is -1.57. The highest BCUT2D eigenvalue weighted by Crippen LogP contribution is 2.21. The number of nitrogens with zero attached hydrogens (tertiary/aromatic N) is 3. The number of guanidine groups is 1. The fourth-order valence-corrected chi connectivity index (χ4v) is 3.53. The number of aliphatic imine (C=N–C) groups is 1. The zero-order valence-corrected chi connectivity index (χ0v) is 15.5. The molecule has 2 saturated heterocycles. The summed E-state index contributed by atoms with van der Waals surface area (Å²) in [5, 5.41) is 3.50. The van der Waals surface area contributed by atoms with Crippen LogP contribution in [-0.2, 0) is 9.47 Å². The predicted molar refractivity (Wildman–Crippen MR) is 96.8 cm³/mol. The molecule has 1 aromatic heterocycles. The summed E-state index contributed by atoms with van der Waals surface area (Å²) in [6.07, 6.45) is 4.29. The fourth-order valence-electron chi connectivity index (χ4n) is 3.53. The molecule has 0 aromatic carbocycles. The van der Waals surface area contributed by atoms with Gasteiger partial charge in [-0.25, -0.2) is 0 Å². The van der Waals surface area contributed by atoms with Gasteiger partial charge in [-0.1, -0.05) is 0 Å². The van der Waals surface area contributed by atoms with Crippen LogP contribution in [0.15, 0.2) is 27.8 Å². The van der Waals surface area contributed by atoms with Crippen molar-refractivity contribution in [2.75, 3.05) is 54.0 Å². The van der Waals surface area contributed by atoms with E-state index < -0.39 is 0 Å². The Bertz CT molecular complexity index is 541. The Morgan fingerprint density at radius 1 is 1.36 bits per heavy atom. The normalized spacial score (nSPS) is 26.2. The number of hydrogen-bond donors (Lipinski definition) is 1. The molecule has 1 aromatic rings. The van der Waals surface area contributed by atoms with Crippen LogP contribution in [0.5, 0.6) is 0 Å². The van der Waals surface area contributed by atoms with E-state index in [2.05, 4.69) is 34.2 Å². The van der Waals surface area contributed by atoms with E-state index in [0.717, 1.165) is 50.8 Å². The van der Waals surface area contributed by atoms with Crippen LogP contribution in [0.25, 0.3) is 0 Å². The Kier molecular flexibility index (Phi) is 6.34. The van der Waals surface area contributed by atoms with Gasteiger partial charge < -0.3 is 24.1 Å². The standard InChI is InChI=1S/C18H30N4O3/c1-19-18(20-12-14(21(2)3)15-6-4-9-23-15)22-8-11-25-17(13-22)16-7-5-10-24-16/h4,6,9,14,16-17H,5,7-8,10-13H2,1-3H3,(H,19,20). The van der Waals surface area contributed by atoms with Crippen LogP contribution in [0, 0.1) is 0 Å². The average Bonchev–Trinajstić information content (AvgIpc) is 3.32. The summed E-state index contributed by atoms with van der Waals surface area (Å²) >= 11 is 0. The number of ether oxygens (including phenoxy) is 2. The maximum absolute atomic E-state index is 5.94. The van der Waals surface area contributed by atoms with Crippen molar-refractivity contribution >= 4 is 5.96 Å². The molecule has 3 unspecified atom stereocenters. The predicted octanol–water partition coefficient (Wildman–Crippen LogP) is 1.34. The Labute approximate surface area is 150 Å². The summed E-state index contributed by atoms with van der Waals surface area (Å²) in [4.78, 5) is 8.89. The SMILES string of the molecule is CN=C(NCC(c1ccco1)N(C)C)N1CCOC(C2CCCO2)C1. The lowest BCUT2D eigenvalue weighted by atomic mass is 10.1. The van der Waals surface area contributed by atoms with Crippen LogP contribution < -0.4 is 5.32 Å². The Morgan fingerprint density at radius 3 is 2.84 bits per heavy atom. The number of furan rings is 1. The van der Waals surface area contributed by atoms with Crippen LogP contribution in [0.3, 0.4) is 0 Å². The maximum atomic E-state index is 5.94. The second kappa shape index (κ2) is 8.69. The van der Waals surface area contributed by atoms with Crippen LogP contribution in [0.1, 0.15) is 24.6 Å². The lowest BCUT2D eigenvalue weighted by Crippen LogP contribution is -2.54. The van der Waals surface area contributed by atoms with Gasteiger partial charge in [0, 0.05) is 33.3 Å². The number of hydrogen-bond acceptors (Lipinski definition) is 5. The van der Waals surface area contributed by atoms with Crippen molar-refractivity contribution in [1.82, 2.24) is 15.1 Å². The van der Waals surface area contributed by atoms with Crippen LogP contribution in [-0.4, -0.2) is 82.0 Å². The summed E-state index contributed by atoms with van der Waals surface area (Å²) in [5.41, 5.74) is 0. The number of likely N-dealkylation sites (N-methyl/N-ethyl adjacent to an activating group) is 1. The molecule has 2 aliphatic rings. The lowest BCUT2D eigenvalue weighted by molar-refractivity contribution is -0.0817. The molecule has 0 spiro atoms. The van der Waals surface area contributed by atoms with Gasteiger partial charge in [-0.05, 0) is 39.1 Å². The first kappa shape index (κ1) is 18.2. The molecule has 140 valence electrons. The van der Waals surface area contributed by atoms with Crippen molar-refractivity contribution in [3.63, 3.8) is 0 Å². The smallest absolute Gasteiger partial charge is 0.193 e. The molecule has 7 nitrogen and oxygen atoms in total. The second-order valence-corrected chi connectivity index (χ2v) is 6.83. The molecule has 0 saturated carbocycles. The third kappa shape index (κ3) is 4.54. The van der Waals surface area contributed by atoms with Gasteiger partial charge >= 0.3 is 0 Å². The first-order chi connectivity index (χ1) is 12.2. The number of rotatable bonds is 5. The monoisotopic (exact) mass is 350 g/mol. The Morgan fingerprint density at radius 2 is 2.20 bits per heavy atom. The van der Waals surface area contributed by atoms with E-state index in [1.807, 2.05) is 19.2 Å². The summed E-state index contributed by atoms with van der Waals surface area (Å²) in [7, 11) is 5.94. The average molecular weight is 350 g/mol. The minimum atomic E-state index is 0.129. The zero-order chi connectivity index (χ0) is 17.6. The molecular formula is C18H30N4O3. The summed E-state index contributed by atoms with van der Waals surface area (Å²) in [5.74, 6) is 1.86. The van der Waals surface area contributed by atoms with Crippen molar-refractivity contribution in [2.24, 2.45) is 4.99 Å². The molecule has 0 aliphatic carbocycles. The summed E-state index contributed by atoms with van der Waals surface area (Å²) in [6, 6.07) is 4.09. The lowest BCUT2D eigenvalue weighted by Gasteiger charge is -2.37. The minimum absolute atomic E-state index is 0.129. The van der Waals surface area contributed by atoms with Crippen molar-refractivity contribution in [2.45, 2.75) is 31.1 Å². The first-order valence-corrected chi connectivity index (χ1v) is 9.07. The van der Waals surface area contributed by atoms with Crippen molar-refractivity contribution in [1.29, 1.82) is 0 Å². The highest BCUT2D eigenvalue weighted by Gasteiger charge is 2.32. The quantitative estimate of drug-likeness (QED) is 0.639. The van der Waals surface area contributed by atoms with E-state index in [9.17, 15) is 0 Å². The molecular weight excluding hydrogens is 320 g/mol. The molecule has 2 fully saturated rings. The van der Waals surface area contributed by atoms with E-state index in [-0.39, 0.29) is 18.2 Å². The van der Waals surface area contributed by atoms with Gasteiger partial charge in [0.05, 0.1) is 25.0 Å². The molecule has 3 atom stereocenters. The summed E-state index contributed by atoms with van der Waals surface area (Å²) in [6.45, 7) is 3.95. The topological polar surface area (TPSA) is 62.5 Å². The van der Waals surface area contributed by atoms with Gasteiger partial charge in [-0.3, -0.25) is 9.89 Å². The second-order valence-electron chi connectivity index (χ2n) is 6.83. The molecule has 3 rings (SSSR count). The molecule has 7 heteroatoms. The molecule has 2 aliphatic heterocycles. The van der Waals surface area contributed by atoms with Gasteiger partial charge in [-0.15, -0.1) is 0 Å². The van der Waals surface area contributed by atoms with Gasteiger partial charge in [-0.2, -0.15) is 0 Å². The van der Waals surface area contributed by atoms with E-state index in [0.29, 0.717) is 6.61 Å². The largest absolute Gasteiger partial charge is 0.468 e. The van der Waals surface area contributed by atoms with Crippen molar-refractivity contribution in [3.8, 4) is 0 Å². The molecule has 1 N–H and O–H groups in total. The van der Waals surface area contributed by atoms with Gasteiger partial charge in [0.25, 0.3) is 0 Å². The minimum Gasteiger partial charge on any atom is -0.468 e. The number of morpholine rings is 1. The molecule has 3 heterocycles. The van der Waals surface area contributed by atoms with Crippen LogP contribution in [0.4, 0.5) is 0 Å². The van der Waals surface area contributed by atoms with Crippen molar-refractivity contribution in [3.05, 3.63) is 24.2 Å². The fraction of sp³-hybridized carbons (Fsp3) is 0.722. The van der Waals surface area contributed by atoms with Crippen LogP contribution >= 0.6 is 0 Å².